The lowest BCUT2D eigenvalue weighted by atomic mass is 10.1. The van der Waals surface area contributed by atoms with Crippen LogP contribution in [0.25, 0.3) is 0 Å². The smallest absolute Gasteiger partial charge is 0.263 e. The highest BCUT2D eigenvalue weighted by Gasteiger charge is 2.29. The van der Waals surface area contributed by atoms with Gasteiger partial charge in [-0.3, -0.25) is 4.79 Å². The van der Waals surface area contributed by atoms with Crippen LogP contribution in [0.15, 0.2) is 48.5 Å². The van der Waals surface area contributed by atoms with Crippen LogP contribution < -0.4 is 14.8 Å². The van der Waals surface area contributed by atoms with Crippen LogP contribution in [-0.4, -0.2) is 24.7 Å². The van der Waals surface area contributed by atoms with Gasteiger partial charge in [0, 0.05) is 10.0 Å². The van der Waals surface area contributed by atoms with E-state index < -0.39 is 5.60 Å². The second-order valence-electron chi connectivity index (χ2n) is 5.62. The Kier molecular flexibility index (Phi) is 6.35. The molecule has 2 rings (SSSR count). The Labute approximate surface area is 151 Å². The number of benzene rings is 2. The minimum Gasteiger partial charge on any atom is -0.492 e. The van der Waals surface area contributed by atoms with Gasteiger partial charge >= 0.3 is 0 Å². The summed E-state index contributed by atoms with van der Waals surface area (Å²) in [6, 6.07) is 13.9. The summed E-state index contributed by atoms with van der Waals surface area (Å²) in [5.41, 5.74) is -1.01. The van der Waals surface area contributed by atoms with Crippen molar-refractivity contribution >= 4 is 29.1 Å². The molecule has 0 heterocycles. The third kappa shape index (κ3) is 5.62. The lowest BCUT2D eigenvalue weighted by Gasteiger charge is -2.25. The van der Waals surface area contributed by atoms with Crippen molar-refractivity contribution in [2.45, 2.75) is 19.4 Å². The Hall–Kier alpha value is -1.91. The Morgan fingerprint density at radius 3 is 2.00 bits per heavy atom. The summed E-state index contributed by atoms with van der Waals surface area (Å²) in [7, 11) is 0. The number of carbonyl (C=O) groups excluding carboxylic acids is 1. The van der Waals surface area contributed by atoms with Crippen LogP contribution in [0.1, 0.15) is 13.8 Å². The summed E-state index contributed by atoms with van der Waals surface area (Å²) in [5.74, 6) is 1.06. The van der Waals surface area contributed by atoms with Crippen molar-refractivity contribution in [3.05, 3.63) is 58.6 Å². The van der Waals surface area contributed by atoms with Crippen LogP contribution in [0.5, 0.6) is 11.5 Å². The van der Waals surface area contributed by atoms with Gasteiger partial charge < -0.3 is 14.8 Å². The number of nitrogens with one attached hydrogen (secondary N) is 1. The predicted octanol–water partition coefficient (Wildman–Crippen LogP) is 4.35. The molecule has 6 heteroatoms. The summed E-state index contributed by atoms with van der Waals surface area (Å²) in [6.07, 6.45) is 0. The Balaban J connectivity index is 1.77. The second kappa shape index (κ2) is 8.27. The number of hydrogen-bond donors (Lipinski definition) is 1. The van der Waals surface area contributed by atoms with Gasteiger partial charge in [0.05, 0.1) is 6.54 Å². The highest BCUT2D eigenvalue weighted by atomic mass is 35.5. The first-order valence-corrected chi connectivity index (χ1v) is 8.24. The molecule has 0 saturated heterocycles. The molecule has 128 valence electrons. The maximum atomic E-state index is 12.3. The molecule has 0 spiro atoms. The SMILES string of the molecule is CC(C)(Oc1ccc(Cl)cc1)C(=O)NCCOc1ccc(Cl)cc1. The van der Waals surface area contributed by atoms with E-state index in [4.69, 9.17) is 32.7 Å². The van der Waals surface area contributed by atoms with Crippen LogP contribution in [0.2, 0.25) is 10.0 Å². The molecule has 0 fully saturated rings. The molecular formula is C18H19Cl2NO3. The van der Waals surface area contributed by atoms with Crippen molar-refractivity contribution in [3.63, 3.8) is 0 Å². The lowest BCUT2D eigenvalue weighted by molar-refractivity contribution is -0.134. The average molecular weight is 368 g/mol. The van der Waals surface area contributed by atoms with Gasteiger partial charge in [-0.15, -0.1) is 0 Å². The van der Waals surface area contributed by atoms with Gasteiger partial charge in [0.1, 0.15) is 18.1 Å². The van der Waals surface area contributed by atoms with E-state index in [-0.39, 0.29) is 5.91 Å². The fourth-order valence-corrected chi connectivity index (χ4v) is 2.17. The third-order valence-electron chi connectivity index (χ3n) is 3.20. The van der Waals surface area contributed by atoms with Gasteiger partial charge in [0.25, 0.3) is 5.91 Å². The third-order valence-corrected chi connectivity index (χ3v) is 3.71. The summed E-state index contributed by atoms with van der Waals surface area (Å²) in [6.45, 7) is 4.13. The molecule has 0 bridgehead atoms. The normalized spacial score (nSPS) is 11.0. The minimum atomic E-state index is -1.01. The maximum absolute atomic E-state index is 12.3. The number of carbonyl (C=O) groups is 1. The van der Waals surface area contributed by atoms with Crippen molar-refractivity contribution in [2.75, 3.05) is 13.2 Å². The summed E-state index contributed by atoms with van der Waals surface area (Å²) in [5, 5.41) is 4.06. The van der Waals surface area contributed by atoms with Crippen LogP contribution in [0.4, 0.5) is 0 Å². The van der Waals surface area contributed by atoms with E-state index in [1.54, 1.807) is 62.4 Å². The molecule has 0 radical (unpaired) electrons. The Bertz CT molecular complexity index is 670. The highest BCUT2D eigenvalue weighted by molar-refractivity contribution is 6.30. The molecule has 24 heavy (non-hydrogen) atoms. The first-order valence-electron chi connectivity index (χ1n) is 7.48. The van der Waals surface area contributed by atoms with Gasteiger partial charge in [-0.25, -0.2) is 0 Å². The molecule has 0 aliphatic carbocycles. The van der Waals surface area contributed by atoms with Crippen LogP contribution in [0.3, 0.4) is 0 Å². The molecule has 1 N–H and O–H groups in total. The lowest BCUT2D eigenvalue weighted by Crippen LogP contribution is -2.47. The molecule has 0 unspecified atom stereocenters. The molecule has 0 aliphatic heterocycles. The number of rotatable bonds is 7. The van der Waals surface area contributed by atoms with Crippen molar-refractivity contribution < 1.29 is 14.3 Å². The van der Waals surface area contributed by atoms with E-state index >= 15 is 0 Å². The molecule has 2 aromatic rings. The van der Waals surface area contributed by atoms with E-state index in [0.29, 0.717) is 34.7 Å². The van der Waals surface area contributed by atoms with Crippen LogP contribution in [-0.2, 0) is 4.79 Å². The number of ether oxygens (including phenoxy) is 2. The summed E-state index contributed by atoms with van der Waals surface area (Å²) >= 11 is 11.6. The van der Waals surface area contributed by atoms with Crippen molar-refractivity contribution in [3.8, 4) is 11.5 Å². The van der Waals surface area contributed by atoms with Crippen LogP contribution >= 0.6 is 23.2 Å². The number of hydrogen-bond acceptors (Lipinski definition) is 3. The molecule has 0 saturated carbocycles. The molecular weight excluding hydrogens is 349 g/mol. The van der Waals surface area contributed by atoms with Gasteiger partial charge in [0.2, 0.25) is 0 Å². The standard InChI is InChI=1S/C18H19Cl2NO3/c1-18(2,24-16-9-5-14(20)6-10-16)17(22)21-11-12-23-15-7-3-13(19)4-8-15/h3-10H,11-12H2,1-2H3,(H,21,22). The topological polar surface area (TPSA) is 47.6 Å². The highest BCUT2D eigenvalue weighted by Crippen LogP contribution is 2.21. The molecule has 0 aliphatic rings. The molecule has 1 amide bonds. The summed E-state index contributed by atoms with van der Waals surface area (Å²) < 4.78 is 11.2. The minimum absolute atomic E-state index is 0.225. The fraction of sp³-hybridized carbons (Fsp3) is 0.278. The monoisotopic (exact) mass is 367 g/mol. The zero-order valence-corrected chi connectivity index (χ0v) is 15.0. The van der Waals surface area contributed by atoms with E-state index in [1.165, 1.54) is 0 Å². The van der Waals surface area contributed by atoms with Crippen molar-refractivity contribution in [1.29, 1.82) is 0 Å². The second-order valence-corrected chi connectivity index (χ2v) is 6.50. The first-order chi connectivity index (χ1) is 11.4. The predicted molar refractivity (Wildman–Crippen MR) is 96.1 cm³/mol. The van der Waals surface area contributed by atoms with E-state index in [1.807, 2.05) is 0 Å². The Morgan fingerprint density at radius 1 is 0.958 bits per heavy atom. The average Bonchev–Trinajstić information content (AvgIpc) is 2.55. The molecule has 2 aromatic carbocycles. The van der Waals surface area contributed by atoms with Gasteiger partial charge in [0.15, 0.2) is 5.60 Å². The molecule has 0 aromatic heterocycles. The van der Waals surface area contributed by atoms with Gasteiger partial charge in [-0.05, 0) is 62.4 Å². The largest absolute Gasteiger partial charge is 0.492 e. The molecule has 4 nitrogen and oxygen atoms in total. The maximum Gasteiger partial charge on any atom is 0.263 e. The fourth-order valence-electron chi connectivity index (χ4n) is 1.92. The first kappa shape index (κ1) is 18.4. The van der Waals surface area contributed by atoms with Crippen molar-refractivity contribution in [1.82, 2.24) is 5.32 Å². The zero-order valence-electron chi connectivity index (χ0n) is 13.5. The van der Waals surface area contributed by atoms with Crippen LogP contribution in [0, 0.1) is 0 Å². The quantitative estimate of drug-likeness (QED) is 0.740. The Morgan fingerprint density at radius 2 is 1.46 bits per heavy atom. The van der Waals surface area contributed by atoms with Crippen molar-refractivity contribution in [2.24, 2.45) is 0 Å². The molecule has 0 atom stereocenters. The van der Waals surface area contributed by atoms with E-state index in [2.05, 4.69) is 5.32 Å². The van der Waals surface area contributed by atoms with E-state index in [0.717, 1.165) is 0 Å². The number of amides is 1. The van der Waals surface area contributed by atoms with Gasteiger partial charge in [-0.2, -0.15) is 0 Å². The number of halogens is 2. The van der Waals surface area contributed by atoms with Gasteiger partial charge in [-0.1, -0.05) is 23.2 Å². The summed E-state index contributed by atoms with van der Waals surface area (Å²) in [4.78, 5) is 12.3. The zero-order chi connectivity index (χ0) is 17.6. The van der Waals surface area contributed by atoms with E-state index in [9.17, 15) is 4.79 Å².